The summed E-state index contributed by atoms with van der Waals surface area (Å²) in [5.41, 5.74) is 3.28. The lowest BCUT2D eigenvalue weighted by atomic mass is 9.66. The lowest BCUT2D eigenvalue weighted by molar-refractivity contribution is -0.152. The summed E-state index contributed by atoms with van der Waals surface area (Å²) in [7, 11) is 3.03. The van der Waals surface area contributed by atoms with Crippen LogP contribution in [0.3, 0.4) is 0 Å². The highest BCUT2D eigenvalue weighted by molar-refractivity contribution is 6.06. The fraction of sp³-hybridized carbons (Fsp3) is 0.364. The van der Waals surface area contributed by atoms with Crippen LogP contribution in [0.2, 0.25) is 0 Å². The first-order chi connectivity index (χ1) is 20.4. The van der Waals surface area contributed by atoms with Crippen LogP contribution in [0.5, 0.6) is 23.0 Å². The molecule has 0 radical (unpaired) electrons. The van der Waals surface area contributed by atoms with Gasteiger partial charge in [0.25, 0.3) is 0 Å². The quantitative estimate of drug-likeness (QED) is 0.221. The molecule has 42 heavy (non-hydrogen) atoms. The van der Waals surface area contributed by atoms with Gasteiger partial charge in [-0.2, -0.15) is 0 Å². The van der Waals surface area contributed by atoms with Crippen molar-refractivity contribution in [3.8, 4) is 23.0 Å². The van der Waals surface area contributed by atoms with Crippen LogP contribution in [0.4, 0.5) is 8.78 Å². The van der Waals surface area contributed by atoms with E-state index in [1.54, 1.807) is 13.1 Å². The standard InChI is InChI=1S/C33H32F2N2O5/c1-37-27(13-14-36)18-3-10-29(26(35)15-18)42-28-12-9-25(34)32-23(28)8-11-30(32)41-19-4-5-21-24(17-40-31(21)16-19)20-6-7-22(20)33(38)39-2/h3-5,9-10,12,14-16,20,22,24,30,36H,6-8,11,13,17H2,1-2H3. The summed E-state index contributed by atoms with van der Waals surface area (Å²) in [6.07, 6.45) is 3.83. The highest BCUT2D eigenvalue weighted by Gasteiger charge is 2.45. The van der Waals surface area contributed by atoms with E-state index in [4.69, 9.17) is 24.4 Å². The van der Waals surface area contributed by atoms with Gasteiger partial charge in [0.15, 0.2) is 11.6 Å². The van der Waals surface area contributed by atoms with Crippen LogP contribution < -0.4 is 14.2 Å². The average Bonchev–Trinajstić information content (AvgIpc) is 3.58. The Morgan fingerprint density at radius 2 is 1.90 bits per heavy atom. The fourth-order valence-corrected chi connectivity index (χ4v) is 6.43. The normalized spacial score (nSPS) is 22.4. The molecule has 1 aliphatic heterocycles. The van der Waals surface area contributed by atoms with Gasteiger partial charge in [0.2, 0.25) is 0 Å². The summed E-state index contributed by atoms with van der Waals surface area (Å²) in [6.45, 7) is 0.505. The molecule has 9 heteroatoms. The van der Waals surface area contributed by atoms with Gasteiger partial charge in [0, 0.05) is 54.1 Å². The molecule has 3 aliphatic rings. The van der Waals surface area contributed by atoms with Crippen molar-refractivity contribution in [3.05, 3.63) is 82.4 Å². The van der Waals surface area contributed by atoms with E-state index in [-0.39, 0.29) is 29.5 Å². The van der Waals surface area contributed by atoms with Crippen molar-refractivity contribution in [2.24, 2.45) is 16.8 Å². The van der Waals surface area contributed by atoms with Crippen LogP contribution in [0, 0.1) is 28.9 Å². The van der Waals surface area contributed by atoms with Gasteiger partial charge >= 0.3 is 5.97 Å². The molecule has 6 rings (SSSR count). The highest BCUT2D eigenvalue weighted by atomic mass is 19.1. The number of nitrogens with zero attached hydrogens (tertiary/aromatic N) is 1. The van der Waals surface area contributed by atoms with Crippen molar-refractivity contribution in [3.63, 3.8) is 0 Å². The van der Waals surface area contributed by atoms with Gasteiger partial charge in [-0.3, -0.25) is 9.79 Å². The van der Waals surface area contributed by atoms with Gasteiger partial charge in [-0.1, -0.05) is 6.07 Å². The van der Waals surface area contributed by atoms with Crippen LogP contribution >= 0.6 is 0 Å². The van der Waals surface area contributed by atoms with Crippen molar-refractivity contribution >= 4 is 17.9 Å². The number of esters is 1. The van der Waals surface area contributed by atoms with Crippen LogP contribution in [0.25, 0.3) is 0 Å². The largest absolute Gasteiger partial charge is 0.493 e. The van der Waals surface area contributed by atoms with Gasteiger partial charge in [0.05, 0.1) is 19.6 Å². The van der Waals surface area contributed by atoms with E-state index in [9.17, 15) is 9.18 Å². The molecule has 1 saturated carbocycles. The zero-order valence-corrected chi connectivity index (χ0v) is 23.5. The summed E-state index contributed by atoms with van der Waals surface area (Å²) >= 11 is 0. The number of hydrogen-bond acceptors (Lipinski definition) is 7. The van der Waals surface area contributed by atoms with Crippen molar-refractivity contribution < 1.29 is 32.5 Å². The lowest BCUT2D eigenvalue weighted by Gasteiger charge is -2.38. The number of ether oxygens (including phenoxy) is 4. The van der Waals surface area contributed by atoms with E-state index in [2.05, 4.69) is 4.99 Å². The summed E-state index contributed by atoms with van der Waals surface area (Å²) in [5, 5.41) is 7.31. The summed E-state index contributed by atoms with van der Waals surface area (Å²) in [6, 6.07) is 13.1. The van der Waals surface area contributed by atoms with Crippen molar-refractivity contribution in [1.29, 1.82) is 5.41 Å². The van der Waals surface area contributed by atoms with Crippen LogP contribution in [0.1, 0.15) is 60.0 Å². The number of carbonyl (C=O) groups is 1. The third kappa shape index (κ3) is 5.01. The average molecular weight is 575 g/mol. The molecule has 1 fully saturated rings. The number of halogens is 2. The van der Waals surface area contributed by atoms with Gasteiger partial charge in [0.1, 0.15) is 29.2 Å². The zero-order chi connectivity index (χ0) is 29.4. The third-order valence-electron chi connectivity index (χ3n) is 8.72. The molecular weight excluding hydrogens is 542 g/mol. The lowest BCUT2D eigenvalue weighted by Crippen LogP contribution is -2.38. The molecule has 0 spiro atoms. The minimum absolute atomic E-state index is 0.0217. The molecule has 7 nitrogen and oxygen atoms in total. The minimum Gasteiger partial charge on any atom is -0.493 e. The van der Waals surface area contributed by atoms with Gasteiger partial charge in [-0.25, -0.2) is 8.78 Å². The van der Waals surface area contributed by atoms with Crippen LogP contribution in [0.15, 0.2) is 53.5 Å². The molecule has 218 valence electrons. The summed E-state index contributed by atoms with van der Waals surface area (Å²) in [5.74, 6) is 0.788. The Kier molecular flexibility index (Phi) is 7.66. The van der Waals surface area contributed by atoms with E-state index >= 15 is 4.39 Å². The monoisotopic (exact) mass is 574 g/mol. The Balaban J connectivity index is 1.19. The summed E-state index contributed by atoms with van der Waals surface area (Å²) in [4.78, 5) is 16.2. The van der Waals surface area contributed by atoms with E-state index in [0.717, 1.165) is 24.2 Å². The number of rotatable bonds is 9. The molecule has 0 bridgehead atoms. The van der Waals surface area contributed by atoms with E-state index in [1.165, 1.54) is 37.6 Å². The zero-order valence-electron chi connectivity index (χ0n) is 23.5. The molecule has 1 N–H and O–H groups in total. The molecule has 4 atom stereocenters. The first-order valence-electron chi connectivity index (χ1n) is 14.2. The summed E-state index contributed by atoms with van der Waals surface area (Å²) < 4.78 is 53.3. The number of fused-ring (bicyclic) bond motifs is 2. The van der Waals surface area contributed by atoms with Crippen molar-refractivity contribution in [2.75, 3.05) is 20.8 Å². The van der Waals surface area contributed by atoms with Crippen molar-refractivity contribution in [1.82, 2.24) is 0 Å². The third-order valence-corrected chi connectivity index (χ3v) is 8.72. The Morgan fingerprint density at radius 3 is 2.62 bits per heavy atom. The van der Waals surface area contributed by atoms with Crippen molar-refractivity contribution in [2.45, 2.75) is 44.1 Å². The Morgan fingerprint density at radius 1 is 1.07 bits per heavy atom. The SMILES string of the molecule is CN=C(CC=N)c1ccc(Oc2ccc(F)c3c2CCC3Oc2ccc3c(c2)OCC3C2CCC2C(=O)OC)c(F)c1. The maximum Gasteiger partial charge on any atom is 0.308 e. The minimum atomic E-state index is -0.571. The highest BCUT2D eigenvalue weighted by Crippen LogP contribution is 2.51. The molecule has 3 aromatic carbocycles. The molecule has 0 amide bonds. The molecule has 2 aliphatic carbocycles. The Hall–Kier alpha value is -4.27. The predicted octanol–water partition coefficient (Wildman–Crippen LogP) is 6.96. The van der Waals surface area contributed by atoms with E-state index in [1.807, 2.05) is 18.2 Å². The number of benzene rings is 3. The number of carbonyl (C=O) groups excluding carboxylic acids is 1. The van der Waals surface area contributed by atoms with E-state index in [0.29, 0.717) is 59.8 Å². The topological polar surface area (TPSA) is 90.2 Å². The van der Waals surface area contributed by atoms with Crippen LogP contribution in [-0.2, 0) is 16.0 Å². The number of aliphatic imine (C=N–C) groups is 1. The van der Waals surface area contributed by atoms with Gasteiger partial charge in [-0.15, -0.1) is 0 Å². The molecule has 3 aromatic rings. The smallest absolute Gasteiger partial charge is 0.308 e. The Labute approximate surface area is 243 Å². The fourth-order valence-electron chi connectivity index (χ4n) is 6.43. The number of nitrogens with one attached hydrogen (secondary N) is 1. The van der Waals surface area contributed by atoms with Gasteiger partial charge in [-0.05, 0) is 73.6 Å². The number of hydrogen-bond donors (Lipinski definition) is 1. The first kappa shape index (κ1) is 27.9. The molecule has 0 aromatic heterocycles. The first-order valence-corrected chi connectivity index (χ1v) is 14.2. The second-order valence-corrected chi connectivity index (χ2v) is 10.9. The number of methoxy groups -OCH3 is 1. The van der Waals surface area contributed by atoms with E-state index < -0.39 is 17.7 Å². The second-order valence-electron chi connectivity index (χ2n) is 10.9. The molecular formula is C33H32F2N2O5. The maximum atomic E-state index is 15.1. The Bertz CT molecular complexity index is 1570. The van der Waals surface area contributed by atoms with Gasteiger partial charge < -0.3 is 24.4 Å². The predicted molar refractivity (Wildman–Crippen MR) is 153 cm³/mol. The maximum absolute atomic E-state index is 15.1. The second kappa shape index (κ2) is 11.5. The van der Waals surface area contributed by atoms with Crippen LogP contribution in [-0.4, -0.2) is 38.7 Å². The molecule has 1 heterocycles. The molecule has 0 saturated heterocycles. The molecule has 4 unspecified atom stereocenters.